The third-order valence-corrected chi connectivity index (χ3v) is 4.81. The second-order valence-electron chi connectivity index (χ2n) is 5.37. The standard InChI is InChI=1S/C14H20IN3O/c1-3-19-12(9-6-7-9)14-17-11(8-4-5-8)10(15)13(16-2)18-14/h8-9,12H,3-7H2,1-2H3,(H,16,17,18). The minimum absolute atomic E-state index is 0.0894. The quantitative estimate of drug-likeness (QED) is 0.776. The minimum Gasteiger partial charge on any atom is -0.372 e. The summed E-state index contributed by atoms with van der Waals surface area (Å²) in [5, 5.41) is 3.20. The third kappa shape index (κ3) is 2.86. The van der Waals surface area contributed by atoms with E-state index in [-0.39, 0.29) is 6.10 Å². The molecule has 4 nitrogen and oxygen atoms in total. The van der Waals surface area contributed by atoms with E-state index in [0.29, 0.717) is 11.8 Å². The summed E-state index contributed by atoms with van der Waals surface area (Å²) in [6.07, 6.45) is 5.10. The minimum atomic E-state index is 0.0894. The van der Waals surface area contributed by atoms with Crippen molar-refractivity contribution in [1.29, 1.82) is 0 Å². The monoisotopic (exact) mass is 373 g/mol. The maximum absolute atomic E-state index is 5.89. The Morgan fingerprint density at radius 3 is 2.58 bits per heavy atom. The zero-order valence-corrected chi connectivity index (χ0v) is 13.6. The summed E-state index contributed by atoms with van der Waals surface area (Å²) in [5.74, 6) is 3.10. The van der Waals surface area contributed by atoms with E-state index >= 15 is 0 Å². The van der Waals surface area contributed by atoms with E-state index in [2.05, 4.69) is 32.9 Å². The maximum atomic E-state index is 5.89. The van der Waals surface area contributed by atoms with E-state index in [1.807, 2.05) is 14.0 Å². The van der Waals surface area contributed by atoms with Crippen LogP contribution in [0.25, 0.3) is 0 Å². The fraction of sp³-hybridized carbons (Fsp3) is 0.714. The van der Waals surface area contributed by atoms with E-state index in [4.69, 9.17) is 9.72 Å². The lowest BCUT2D eigenvalue weighted by Crippen LogP contribution is -2.15. The van der Waals surface area contributed by atoms with Crippen LogP contribution < -0.4 is 5.32 Å². The van der Waals surface area contributed by atoms with Gasteiger partial charge in [-0.15, -0.1) is 0 Å². The molecular weight excluding hydrogens is 353 g/mol. The molecule has 1 unspecified atom stereocenters. The number of nitrogens with zero attached hydrogens (tertiary/aromatic N) is 2. The van der Waals surface area contributed by atoms with Gasteiger partial charge in [0.1, 0.15) is 11.9 Å². The molecule has 3 rings (SSSR count). The highest BCUT2D eigenvalue weighted by atomic mass is 127. The maximum Gasteiger partial charge on any atom is 0.160 e. The smallest absolute Gasteiger partial charge is 0.160 e. The van der Waals surface area contributed by atoms with Crippen LogP contribution in [-0.4, -0.2) is 23.6 Å². The highest BCUT2D eigenvalue weighted by molar-refractivity contribution is 14.1. The molecule has 2 aliphatic carbocycles. The number of hydrogen-bond acceptors (Lipinski definition) is 4. The molecule has 0 saturated heterocycles. The van der Waals surface area contributed by atoms with Crippen molar-refractivity contribution >= 4 is 28.4 Å². The summed E-state index contributed by atoms with van der Waals surface area (Å²) in [5.41, 5.74) is 1.22. The number of rotatable bonds is 6. The average Bonchev–Trinajstić information content (AvgIpc) is 3.29. The van der Waals surface area contributed by atoms with Crippen molar-refractivity contribution in [2.45, 2.75) is 44.6 Å². The summed E-state index contributed by atoms with van der Waals surface area (Å²) < 4.78 is 7.07. The van der Waals surface area contributed by atoms with Crippen molar-refractivity contribution < 1.29 is 4.74 Å². The molecule has 5 heteroatoms. The Kier molecular flexibility index (Phi) is 3.93. The molecule has 2 saturated carbocycles. The van der Waals surface area contributed by atoms with Gasteiger partial charge in [0.05, 0.1) is 9.26 Å². The van der Waals surface area contributed by atoms with Crippen LogP contribution in [0.1, 0.15) is 56.1 Å². The molecule has 2 fully saturated rings. The SMILES string of the molecule is CCOC(c1nc(NC)c(I)c(C2CC2)n1)C1CC1. The van der Waals surface area contributed by atoms with Gasteiger partial charge < -0.3 is 10.1 Å². The van der Waals surface area contributed by atoms with E-state index in [1.165, 1.54) is 34.9 Å². The van der Waals surface area contributed by atoms with Gasteiger partial charge in [0.25, 0.3) is 0 Å². The topological polar surface area (TPSA) is 47.0 Å². The first-order chi connectivity index (χ1) is 9.24. The summed E-state index contributed by atoms with van der Waals surface area (Å²) in [7, 11) is 1.93. The number of ether oxygens (including phenoxy) is 1. The fourth-order valence-electron chi connectivity index (χ4n) is 2.40. The van der Waals surface area contributed by atoms with Gasteiger partial charge in [-0.1, -0.05) is 0 Å². The number of anilines is 1. The Bertz CT molecular complexity index is 472. The second-order valence-corrected chi connectivity index (χ2v) is 6.45. The first kappa shape index (κ1) is 13.5. The first-order valence-corrected chi connectivity index (χ1v) is 8.19. The molecule has 2 aliphatic rings. The highest BCUT2D eigenvalue weighted by Crippen LogP contribution is 2.45. The molecule has 19 heavy (non-hydrogen) atoms. The van der Waals surface area contributed by atoms with Crippen LogP contribution in [0.3, 0.4) is 0 Å². The molecule has 0 aliphatic heterocycles. The number of nitrogens with one attached hydrogen (secondary N) is 1. The molecule has 104 valence electrons. The lowest BCUT2D eigenvalue weighted by atomic mass is 10.2. The molecule has 1 heterocycles. The Balaban J connectivity index is 1.97. The van der Waals surface area contributed by atoms with Crippen LogP contribution in [0, 0.1) is 9.49 Å². The fourth-order valence-corrected chi connectivity index (χ4v) is 3.35. The Labute approximate surface area is 127 Å². The molecule has 1 atom stereocenters. The number of halogens is 1. The van der Waals surface area contributed by atoms with E-state index in [0.717, 1.165) is 18.2 Å². The van der Waals surface area contributed by atoms with Gasteiger partial charge in [-0.2, -0.15) is 0 Å². The molecule has 0 spiro atoms. The van der Waals surface area contributed by atoms with Crippen LogP contribution in [0.15, 0.2) is 0 Å². The zero-order valence-electron chi connectivity index (χ0n) is 11.4. The summed E-state index contributed by atoms with van der Waals surface area (Å²) >= 11 is 2.36. The van der Waals surface area contributed by atoms with Gasteiger partial charge in [0.2, 0.25) is 0 Å². The largest absolute Gasteiger partial charge is 0.372 e. The van der Waals surface area contributed by atoms with Crippen molar-refractivity contribution in [3.05, 3.63) is 15.1 Å². The van der Waals surface area contributed by atoms with Crippen LogP contribution >= 0.6 is 22.6 Å². The van der Waals surface area contributed by atoms with E-state index in [9.17, 15) is 0 Å². The van der Waals surface area contributed by atoms with Gasteiger partial charge >= 0.3 is 0 Å². The van der Waals surface area contributed by atoms with Gasteiger partial charge in [0, 0.05) is 19.6 Å². The van der Waals surface area contributed by atoms with Crippen molar-refractivity contribution in [1.82, 2.24) is 9.97 Å². The second kappa shape index (κ2) is 5.52. The van der Waals surface area contributed by atoms with Crippen molar-refractivity contribution in [2.75, 3.05) is 19.0 Å². The predicted molar refractivity (Wildman–Crippen MR) is 83.4 cm³/mol. The van der Waals surface area contributed by atoms with Gasteiger partial charge in [0.15, 0.2) is 5.82 Å². The number of aromatic nitrogens is 2. The zero-order chi connectivity index (χ0) is 13.4. The third-order valence-electron chi connectivity index (χ3n) is 3.75. The summed E-state index contributed by atoms with van der Waals surface area (Å²) in [6.45, 7) is 2.77. The van der Waals surface area contributed by atoms with Crippen molar-refractivity contribution in [3.63, 3.8) is 0 Å². The van der Waals surface area contributed by atoms with E-state index < -0.39 is 0 Å². The molecule has 0 aromatic carbocycles. The van der Waals surface area contributed by atoms with Crippen molar-refractivity contribution in [2.24, 2.45) is 5.92 Å². The Hall–Kier alpha value is -0.430. The Morgan fingerprint density at radius 1 is 1.32 bits per heavy atom. The van der Waals surface area contributed by atoms with Gasteiger partial charge in [-0.25, -0.2) is 9.97 Å². The predicted octanol–water partition coefficient (Wildman–Crippen LogP) is 3.49. The summed E-state index contributed by atoms with van der Waals surface area (Å²) in [4.78, 5) is 9.53. The van der Waals surface area contributed by atoms with Gasteiger partial charge in [-0.3, -0.25) is 0 Å². The van der Waals surface area contributed by atoms with Crippen molar-refractivity contribution in [3.8, 4) is 0 Å². The van der Waals surface area contributed by atoms with Gasteiger partial charge in [-0.05, 0) is 61.1 Å². The lowest BCUT2D eigenvalue weighted by molar-refractivity contribution is 0.0399. The highest BCUT2D eigenvalue weighted by Gasteiger charge is 2.37. The molecular formula is C14H20IN3O. The van der Waals surface area contributed by atoms with E-state index in [1.54, 1.807) is 0 Å². The van der Waals surface area contributed by atoms with Crippen LogP contribution in [-0.2, 0) is 4.74 Å². The molecule has 1 aromatic rings. The van der Waals surface area contributed by atoms with Crippen LogP contribution in [0.2, 0.25) is 0 Å². The van der Waals surface area contributed by atoms with Crippen LogP contribution in [0.5, 0.6) is 0 Å². The average molecular weight is 373 g/mol. The lowest BCUT2D eigenvalue weighted by Gasteiger charge is -2.18. The molecule has 0 bridgehead atoms. The number of hydrogen-bond donors (Lipinski definition) is 1. The normalized spacial score (nSPS) is 20.4. The van der Waals surface area contributed by atoms with Crippen LogP contribution in [0.4, 0.5) is 5.82 Å². The Morgan fingerprint density at radius 2 is 2.05 bits per heavy atom. The molecule has 1 N–H and O–H groups in total. The molecule has 0 amide bonds. The molecule has 1 aromatic heterocycles. The summed E-state index contributed by atoms with van der Waals surface area (Å²) in [6, 6.07) is 0. The molecule has 0 radical (unpaired) electrons. The first-order valence-electron chi connectivity index (χ1n) is 7.11.